The highest BCUT2D eigenvalue weighted by atomic mass is 19.1. The minimum Gasteiger partial charge on any atom is -0.468 e. The Hall–Kier alpha value is -2.18. The van der Waals surface area contributed by atoms with E-state index in [2.05, 4.69) is 4.90 Å². The molecule has 2 atom stereocenters. The molecule has 4 rings (SSSR count). The molecule has 2 aromatic rings. The van der Waals surface area contributed by atoms with Gasteiger partial charge >= 0.3 is 0 Å². The van der Waals surface area contributed by atoms with Crippen LogP contribution in [0.25, 0.3) is 0 Å². The van der Waals surface area contributed by atoms with Gasteiger partial charge in [-0.3, -0.25) is 9.69 Å². The van der Waals surface area contributed by atoms with Gasteiger partial charge in [-0.15, -0.1) is 0 Å². The third kappa shape index (κ3) is 3.81. The van der Waals surface area contributed by atoms with E-state index < -0.39 is 0 Å². The van der Waals surface area contributed by atoms with Crippen molar-refractivity contribution in [2.24, 2.45) is 5.92 Å². The number of hydrogen-bond acceptors (Lipinski definition) is 4. The van der Waals surface area contributed by atoms with Gasteiger partial charge in [0.1, 0.15) is 11.6 Å². The van der Waals surface area contributed by atoms with E-state index in [4.69, 9.17) is 9.15 Å². The number of carbonyl (C=O) groups excluding carboxylic acids is 1. The molecule has 0 saturated carbocycles. The monoisotopic (exact) mass is 358 g/mol. The van der Waals surface area contributed by atoms with Gasteiger partial charge in [0.2, 0.25) is 5.91 Å². The summed E-state index contributed by atoms with van der Waals surface area (Å²) in [5.41, 5.74) is 0.812. The van der Waals surface area contributed by atoms with Gasteiger partial charge in [0.05, 0.1) is 31.4 Å². The third-order valence-electron chi connectivity index (χ3n) is 5.19. The minimum atomic E-state index is -0.273. The van der Waals surface area contributed by atoms with Crippen LogP contribution < -0.4 is 0 Å². The van der Waals surface area contributed by atoms with Gasteiger partial charge in [-0.2, -0.15) is 0 Å². The fraction of sp³-hybridized carbons (Fsp3) is 0.450. The number of piperidine rings is 1. The van der Waals surface area contributed by atoms with Crippen molar-refractivity contribution in [1.29, 1.82) is 0 Å². The van der Waals surface area contributed by atoms with E-state index in [9.17, 15) is 9.18 Å². The zero-order valence-electron chi connectivity index (χ0n) is 14.6. The number of fused-ring (bicyclic) bond motifs is 1. The first kappa shape index (κ1) is 17.2. The highest BCUT2D eigenvalue weighted by Gasteiger charge is 2.39. The zero-order chi connectivity index (χ0) is 17.9. The van der Waals surface area contributed by atoms with Crippen molar-refractivity contribution in [2.45, 2.75) is 25.6 Å². The van der Waals surface area contributed by atoms with Crippen LogP contribution in [0.5, 0.6) is 0 Å². The second-order valence-corrected chi connectivity index (χ2v) is 7.01. The third-order valence-corrected chi connectivity index (χ3v) is 5.19. The van der Waals surface area contributed by atoms with Crippen molar-refractivity contribution in [3.8, 4) is 0 Å². The van der Waals surface area contributed by atoms with Crippen LogP contribution in [0.1, 0.15) is 17.7 Å². The summed E-state index contributed by atoms with van der Waals surface area (Å²) in [5, 5.41) is 0. The lowest BCUT2D eigenvalue weighted by atomic mass is 9.92. The second-order valence-electron chi connectivity index (χ2n) is 7.01. The molecular formula is C20H23FN2O3. The van der Waals surface area contributed by atoms with Gasteiger partial charge in [0.15, 0.2) is 0 Å². The molecule has 1 aromatic carbocycles. The molecule has 138 valence electrons. The van der Waals surface area contributed by atoms with Gasteiger partial charge in [0, 0.05) is 19.6 Å². The van der Waals surface area contributed by atoms with Crippen LogP contribution in [0.2, 0.25) is 0 Å². The molecule has 6 heteroatoms. The first-order chi connectivity index (χ1) is 12.7. The van der Waals surface area contributed by atoms with Crippen molar-refractivity contribution < 1.29 is 18.3 Å². The number of rotatable bonds is 4. The molecule has 0 radical (unpaired) electrons. The molecular weight excluding hydrogens is 335 g/mol. The van der Waals surface area contributed by atoms with Crippen molar-refractivity contribution in [2.75, 3.05) is 26.2 Å². The summed E-state index contributed by atoms with van der Waals surface area (Å²) in [5.74, 6) is 0.648. The molecule has 2 aliphatic rings. The molecule has 1 amide bonds. The first-order valence-corrected chi connectivity index (χ1v) is 9.08. The zero-order valence-corrected chi connectivity index (χ0v) is 14.6. The molecule has 3 heterocycles. The Bertz CT molecular complexity index is 749. The van der Waals surface area contributed by atoms with E-state index in [0.29, 0.717) is 19.7 Å². The van der Waals surface area contributed by atoms with Crippen LogP contribution in [0.15, 0.2) is 47.1 Å². The Labute approximate surface area is 152 Å². The Morgan fingerprint density at radius 2 is 2.08 bits per heavy atom. The fourth-order valence-electron chi connectivity index (χ4n) is 3.87. The van der Waals surface area contributed by atoms with E-state index in [-0.39, 0.29) is 23.7 Å². The lowest BCUT2D eigenvalue weighted by Crippen LogP contribution is -2.48. The van der Waals surface area contributed by atoms with Crippen LogP contribution in [-0.2, 0) is 22.6 Å². The Balaban J connectivity index is 1.41. The van der Waals surface area contributed by atoms with Crippen molar-refractivity contribution >= 4 is 5.91 Å². The lowest BCUT2D eigenvalue weighted by molar-refractivity contribution is -0.139. The van der Waals surface area contributed by atoms with Crippen LogP contribution in [0, 0.1) is 11.7 Å². The van der Waals surface area contributed by atoms with E-state index in [1.807, 2.05) is 23.1 Å². The van der Waals surface area contributed by atoms with Crippen LogP contribution in [-0.4, -0.2) is 48.1 Å². The normalized spacial score (nSPS) is 24.3. The average Bonchev–Trinajstić information content (AvgIpc) is 3.08. The van der Waals surface area contributed by atoms with E-state index in [1.165, 1.54) is 12.1 Å². The SMILES string of the molecule is O=C1[C@@H]2CCN(Cc3ccco3)C[C@@H]2OCCN1Cc1cccc(F)c1. The summed E-state index contributed by atoms with van der Waals surface area (Å²) >= 11 is 0. The number of nitrogens with zero attached hydrogens (tertiary/aromatic N) is 2. The molecule has 2 aliphatic heterocycles. The van der Waals surface area contributed by atoms with E-state index >= 15 is 0 Å². The Kier molecular flexibility index (Phi) is 5.04. The van der Waals surface area contributed by atoms with Gasteiger partial charge in [-0.05, 0) is 42.8 Å². The number of ether oxygens (including phenoxy) is 1. The second kappa shape index (κ2) is 7.60. The largest absolute Gasteiger partial charge is 0.468 e. The van der Waals surface area contributed by atoms with Gasteiger partial charge in [0.25, 0.3) is 0 Å². The van der Waals surface area contributed by atoms with Crippen molar-refractivity contribution in [1.82, 2.24) is 9.80 Å². The molecule has 0 unspecified atom stereocenters. The number of hydrogen-bond donors (Lipinski definition) is 0. The van der Waals surface area contributed by atoms with Gasteiger partial charge in [-0.25, -0.2) is 4.39 Å². The number of benzene rings is 1. The predicted octanol–water partition coefficient (Wildman–Crippen LogP) is 2.67. The smallest absolute Gasteiger partial charge is 0.228 e. The molecule has 2 fully saturated rings. The lowest BCUT2D eigenvalue weighted by Gasteiger charge is -2.36. The Morgan fingerprint density at radius 3 is 2.88 bits per heavy atom. The van der Waals surface area contributed by atoms with Crippen LogP contribution in [0.4, 0.5) is 4.39 Å². The summed E-state index contributed by atoms with van der Waals surface area (Å²) in [6.45, 7) is 3.78. The summed E-state index contributed by atoms with van der Waals surface area (Å²) < 4.78 is 24.9. The molecule has 0 aliphatic carbocycles. The maximum absolute atomic E-state index is 13.4. The van der Waals surface area contributed by atoms with E-state index in [0.717, 1.165) is 37.4 Å². The number of carbonyl (C=O) groups is 1. The quantitative estimate of drug-likeness (QED) is 0.843. The highest BCUT2D eigenvalue weighted by molar-refractivity contribution is 5.80. The first-order valence-electron chi connectivity index (χ1n) is 9.08. The summed E-state index contributed by atoms with van der Waals surface area (Å²) in [4.78, 5) is 17.1. The molecule has 1 aromatic heterocycles. The highest BCUT2D eigenvalue weighted by Crippen LogP contribution is 2.27. The summed E-state index contributed by atoms with van der Waals surface area (Å²) in [6.07, 6.45) is 2.35. The molecule has 0 spiro atoms. The maximum atomic E-state index is 13.4. The predicted molar refractivity (Wildman–Crippen MR) is 93.6 cm³/mol. The van der Waals surface area contributed by atoms with Crippen molar-refractivity contribution in [3.05, 3.63) is 59.8 Å². The topological polar surface area (TPSA) is 45.9 Å². The molecule has 5 nitrogen and oxygen atoms in total. The molecule has 2 saturated heterocycles. The number of halogens is 1. The van der Waals surface area contributed by atoms with E-state index in [1.54, 1.807) is 12.3 Å². The minimum absolute atomic E-state index is 0.0938. The molecule has 0 N–H and O–H groups in total. The summed E-state index contributed by atoms with van der Waals surface area (Å²) in [6, 6.07) is 10.3. The summed E-state index contributed by atoms with van der Waals surface area (Å²) in [7, 11) is 0. The molecule has 26 heavy (non-hydrogen) atoms. The fourth-order valence-corrected chi connectivity index (χ4v) is 3.87. The average molecular weight is 358 g/mol. The van der Waals surface area contributed by atoms with Gasteiger partial charge in [-0.1, -0.05) is 12.1 Å². The number of furan rings is 1. The van der Waals surface area contributed by atoms with Crippen LogP contribution in [0.3, 0.4) is 0 Å². The standard InChI is InChI=1S/C20H23FN2O3/c21-16-4-1-3-15(11-16)12-23-8-10-26-19-14-22(7-6-18(19)20(23)24)13-17-5-2-9-25-17/h1-5,9,11,18-19H,6-8,10,12-14H2/t18-,19+/m1/s1. The Morgan fingerprint density at radius 1 is 1.15 bits per heavy atom. The van der Waals surface area contributed by atoms with Crippen molar-refractivity contribution in [3.63, 3.8) is 0 Å². The van der Waals surface area contributed by atoms with Gasteiger partial charge < -0.3 is 14.1 Å². The molecule has 0 bridgehead atoms. The number of amides is 1. The maximum Gasteiger partial charge on any atom is 0.228 e. The number of likely N-dealkylation sites (tertiary alicyclic amines) is 1. The van der Waals surface area contributed by atoms with Crippen LogP contribution >= 0.6 is 0 Å².